The van der Waals surface area contributed by atoms with Gasteiger partial charge < -0.3 is 10.6 Å². The van der Waals surface area contributed by atoms with Gasteiger partial charge in [0.15, 0.2) is 5.17 Å². The molecule has 0 radical (unpaired) electrons. The van der Waals surface area contributed by atoms with Crippen LogP contribution in [0, 0.1) is 5.92 Å². The van der Waals surface area contributed by atoms with Gasteiger partial charge in [0, 0.05) is 12.1 Å². The van der Waals surface area contributed by atoms with E-state index in [0.29, 0.717) is 11.1 Å². The highest BCUT2D eigenvalue weighted by molar-refractivity contribution is 8.13. The molecule has 1 aliphatic rings. The minimum absolute atomic E-state index is 0.0151. The molecule has 1 fully saturated rings. The van der Waals surface area contributed by atoms with Crippen LogP contribution in [0.4, 0.5) is 9.59 Å². The van der Waals surface area contributed by atoms with Crippen molar-refractivity contribution in [2.24, 2.45) is 10.9 Å². The van der Waals surface area contributed by atoms with Crippen molar-refractivity contribution in [2.75, 3.05) is 6.26 Å². The predicted molar refractivity (Wildman–Crippen MR) is 87.7 cm³/mol. The van der Waals surface area contributed by atoms with Gasteiger partial charge in [-0.3, -0.25) is 5.32 Å². The SMILES string of the molecule is CSC(=NC(=O)NC(C)C)NC(=O)NC1CCCCC1C. The molecule has 0 aromatic carbocycles. The number of nitrogens with one attached hydrogen (secondary N) is 3. The minimum atomic E-state index is -0.444. The Kier molecular flexibility index (Phi) is 7.56. The van der Waals surface area contributed by atoms with Crippen molar-refractivity contribution in [1.29, 1.82) is 0 Å². The van der Waals surface area contributed by atoms with Crippen LogP contribution in [0.25, 0.3) is 0 Å². The molecule has 1 saturated carbocycles. The highest BCUT2D eigenvalue weighted by atomic mass is 32.2. The fourth-order valence-corrected chi connectivity index (χ4v) is 2.70. The van der Waals surface area contributed by atoms with Gasteiger partial charge in [-0.1, -0.05) is 31.5 Å². The molecule has 7 heteroatoms. The molecule has 4 amide bonds. The molecule has 0 aromatic rings. The number of amides is 4. The van der Waals surface area contributed by atoms with Crippen LogP contribution in [0.1, 0.15) is 46.5 Å². The Morgan fingerprint density at radius 1 is 1.24 bits per heavy atom. The van der Waals surface area contributed by atoms with Gasteiger partial charge in [0.25, 0.3) is 0 Å². The predicted octanol–water partition coefficient (Wildman–Crippen LogP) is 2.70. The molecule has 2 atom stereocenters. The van der Waals surface area contributed by atoms with Crippen LogP contribution in [0.2, 0.25) is 0 Å². The number of thioether (sulfide) groups is 1. The summed E-state index contributed by atoms with van der Waals surface area (Å²) in [6.45, 7) is 5.87. The summed E-state index contributed by atoms with van der Waals surface area (Å²) in [7, 11) is 0. The first-order valence-corrected chi connectivity index (χ1v) is 8.65. The molecule has 1 rings (SSSR count). The minimum Gasteiger partial charge on any atom is -0.335 e. The van der Waals surface area contributed by atoms with Gasteiger partial charge in [-0.15, -0.1) is 0 Å². The third-order valence-electron chi connectivity index (χ3n) is 3.46. The smallest absolute Gasteiger partial charge is 0.335 e. The molecular weight excluding hydrogens is 288 g/mol. The number of carbonyl (C=O) groups is 2. The van der Waals surface area contributed by atoms with E-state index in [2.05, 4.69) is 27.9 Å². The number of nitrogens with zero attached hydrogens (tertiary/aromatic N) is 1. The summed E-state index contributed by atoms with van der Waals surface area (Å²) in [5, 5.41) is 8.57. The summed E-state index contributed by atoms with van der Waals surface area (Å²) in [5.41, 5.74) is 0. The number of hydrogen-bond donors (Lipinski definition) is 3. The van der Waals surface area contributed by atoms with Crippen molar-refractivity contribution < 1.29 is 9.59 Å². The molecule has 0 aliphatic heterocycles. The number of urea groups is 2. The van der Waals surface area contributed by atoms with Gasteiger partial charge >= 0.3 is 12.1 Å². The second kappa shape index (κ2) is 8.92. The fourth-order valence-electron chi connectivity index (χ4n) is 2.33. The largest absolute Gasteiger partial charge is 0.343 e. The van der Waals surface area contributed by atoms with Crippen molar-refractivity contribution in [1.82, 2.24) is 16.0 Å². The summed E-state index contributed by atoms with van der Waals surface area (Å²) in [6.07, 6.45) is 6.30. The molecule has 0 heterocycles. The Bertz CT molecular complexity index is 398. The van der Waals surface area contributed by atoms with E-state index in [1.807, 2.05) is 13.8 Å². The Hall–Kier alpha value is -1.24. The number of aliphatic imine (C=N–C) groups is 1. The van der Waals surface area contributed by atoms with Crippen molar-refractivity contribution in [3.8, 4) is 0 Å². The number of carbonyl (C=O) groups excluding carboxylic acids is 2. The second-order valence-electron chi connectivity index (χ2n) is 5.69. The zero-order valence-corrected chi connectivity index (χ0v) is 14.0. The average molecular weight is 314 g/mol. The van der Waals surface area contributed by atoms with Crippen molar-refractivity contribution in [3.05, 3.63) is 0 Å². The molecule has 0 spiro atoms. The van der Waals surface area contributed by atoms with E-state index >= 15 is 0 Å². The molecule has 21 heavy (non-hydrogen) atoms. The Morgan fingerprint density at radius 2 is 1.90 bits per heavy atom. The quantitative estimate of drug-likeness (QED) is 0.541. The van der Waals surface area contributed by atoms with E-state index in [1.165, 1.54) is 18.2 Å². The summed E-state index contributed by atoms with van der Waals surface area (Å²) in [5.74, 6) is 0.489. The summed E-state index contributed by atoms with van der Waals surface area (Å²) in [4.78, 5) is 27.4. The number of amidine groups is 1. The molecule has 1 aliphatic carbocycles. The molecule has 0 bridgehead atoms. The van der Waals surface area contributed by atoms with E-state index in [4.69, 9.17) is 0 Å². The lowest BCUT2D eigenvalue weighted by molar-refractivity contribution is 0.226. The normalized spacial score (nSPS) is 22.8. The Balaban J connectivity index is 2.50. The first kappa shape index (κ1) is 17.8. The highest BCUT2D eigenvalue weighted by Gasteiger charge is 2.23. The number of rotatable bonds is 2. The first-order chi connectivity index (χ1) is 9.92. The average Bonchev–Trinajstić information content (AvgIpc) is 2.39. The molecule has 2 unspecified atom stereocenters. The van der Waals surface area contributed by atoms with E-state index in [1.54, 1.807) is 6.26 Å². The first-order valence-electron chi connectivity index (χ1n) is 7.43. The third kappa shape index (κ3) is 6.84. The molecule has 0 saturated heterocycles. The summed E-state index contributed by atoms with van der Waals surface area (Å²) in [6, 6.07) is -0.521. The maximum absolute atomic E-state index is 12.0. The van der Waals surface area contributed by atoms with Gasteiger partial charge in [0.05, 0.1) is 0 Å². The maximum atomic E-state index is 12.0. The van der Waals surface area contributed by atoms with Crippen LogP contribution >= 0.6 is 11.8 Å². The molecule has 6 nitrogen and oxygen atoms in total. The molecular formula is C14H26N4O2S. The summed E-state index contributed by atoms with van der Waals surface area (Å²) >= 11 is 1.23. The van der Waals surface area contributed by atoms with E-state index in [-0.39, 0.29) is 18.1 Å². The third-order valence-corrected chi connectivity index (χ3v) is 4.04. The standard InChI is InChI=1S/C14H26N4O2S/c1-9(2)15-12(19)17-14(21-4)18-13(20)16-11-8-6-5-7-10(11)3/h9-11H,5-8H2,1-4H3,(H3,15,16,17,18,19,20). The van der Waals surface area contributed by atoms with Gasteiger partial charge in [-0.05, 0) is 38.9 Å². The van der Waals surface area contributed by atoms with Crippen LogP contribution in [0.5, 0.6) is 0 Å². The van der Waals surface area contributed by atoms with Crippen LogP contribution < -0.4 is 16.0 Å². The van der Waals surface area contributed by atoms with E-state index in [0.717, 1.165) is 19.3 Å². The lowest BCUT2D eigenvalue weighted by Gasteiger charge is -2.29. The zero-order chi connectivity index (χ0) is 15.8. The van der Waals surface area contributed by atoms with Crippen LogP contribution in [0.3, 0.4) is 0 Å². The second-order valence-corrected chi connectivity index (χ2v) is 6.49. The van der Waals surface area contributed by atoms with Gasteiger partial charge in [0.1, 0.15) is 0 Å². The highest BCUT2D eigenvalue weighted by Crippen LogP contribution is 2.23. The van der Waals surface area contributed by atoms with Crippen LogP contribution in [0.15, 0.2) is 4.99 Å². The van der Waals surface area contributed by atoms with E-state index < -0.39 is 6.03 Å². The topological polar surface area (TPSA) is 82.6 Å². The lowest BCUT2D eigenvalue weighted by atomic mass is 9.86. The van der Waals surface area contributed by atoms with Crippen LogP contribution in [-0.4, -0.2) is 35.6 Å². The number of hydrogen-bond acceptors (Lipinski definition) is 3. The van der Waals surface area contributed by atoms with Gasteiger partial charge in [0.2, 0.25) is 0 Å². The van der Waals surface area contributed by atoms with E-state index in [9.17, 15) is 9.59 Å². The van der Waals surface area contributed by atoms with Crippen LogP contribution in [-0.2, 0) is 0 Å². The van der Waals surface area contributed by atoms with Gasteiger partial charge in [-0.25, -0.2) is 9.59 Å². The van der Waals surface area contributed by atoms with Gasteiger partial charge in [-0.2, -0.15) is 4.99 Å². The maximum Gasteiger partial charge on any atom is 0.343 e. The lowest BCUT2D eigenvalue weighted by Crippen LogP contribution is -2.47. The molecule has 0 aromatic heterocycles. The molecule has 120 valence electrons. The monoisotopic (exact) mass is 314 g/mol. The van der Waals surface area contributed by atoms with Crippen molar-refractivity contribution in [3.63, 3.8) is 0 Å². The zero-order valence-electron chi connectivity index (χ0n) is 13.2. The molecule has 3 N–H and O–H groups in total. The summed E-state index contributed by atoms with van der Waals surface area (Å²) < 4.78 is 0. The van der Waals surface area contributed by atoms with Crippen molar-refractivity contribution >= 4 is 29.0 Å². The Labute approximate surface area is 130 Å². The fraction of sp³-hybridized carbons (Fsp3) is 0.786. The van der Waals surface area contributed by atoms with Crippen molar-refractivity contribution in [2.45, 2.75) is 58.5 Å². The Morgan fingerprint density at radius 3 is 2.48 bits per heavy atom.